The number of aryl methyl sites for hydroxylation is 1. The van der Waals surface area contributed by atoms with Crippen LogP contribution in [0.3, 0.4) is 0 Å². The number of halogens is 7. The van der Waals surface area contributed by atoms with Crippen LogP contribution >= 0.6 is 86.9 Å². The summed E-state index contributed by atoms with van der Waals surface area (Å²) in [6, 6.07) is 50.0. The van der Waals surface area contributed by atoms with Crippen LogP contribution in [0.1, 0.15) is 61.2 Å². The molecule has 26 nitrogen and oxygen atoms in total. The molecule has 0 aliphatic carbocycles. The predicted octanol–water partition coefficient (Wildman–Crippen LogP) is 16.1. The van der Waals surface area contributed by atoms with Crippen LogP contribution in [0.15, 0.2) is 188 Å². The molecule has 10 aromatic rings. The summed E-state index contributed by atoms with van der Waals surface area (Å²) in [7, 11) is 3.15. The number of carbonyl (C=O) groups excluding carboxylic acids is 10. The number of methoxy groups -OCH3 is 2. The van der Waals surface area contributed by atoms with E-state index in [0.717, 1.165) is 119 Å². The Morgan fingerprint density at radius 3 is 1.30 bits per heavy atom. The molecule has 0 bridgehead atoms. The largest absolute Gasteiger partial charge is 0.493 e. The van der Waals surface area contributed by atoms with E-state index in [2.05, 4.69) is 117 Å². The number of non-ortho nitro benzene ring substituents is 1. The van der Waals surface area contributed by atoms with Gasteiger partial charge in [-0.2, -0.15) is 0 Å². The Morgan fingerprint density at radius 2 is 0.750 bits per heavy atom. The van der Waals surface area contributed by atoms with E-state index >= 15 is 0 Å². The lowest BCUT2D eigenvalue weighted by Crippen LogP contribution is -2.03. The van der Waals surface area contributed by atoms with Crippen molar-refractivity contribution in [3.8, 4) is 11.5 Å². The van der Waals surface area contributed by atoms with E-state index in [1.54, 1.807) is 56.7 Å². The molecule has 10 amide bonds. The number of rotatable bonds is 3. The number of nitrogens with zero attached hydrogens (tertiary/aromatic N) is 1. The Balaban J connectivity index is 0.000000127. The molecule has 20 rings (SSSR count). The van der Waals surface area contributed by atoms with Gasteiger partial charge < -0.3 is 68.4 Å². The molecule has 594 valence electrons. The molecule has 0 aromatic heterocycles. The van der Waals surface area contributed by atoms with Crippen LogP contribution in [0.25, 0.3) is 0 Å². The summed E-state index contributed by atoms with van der Waals surface area (Å²) in [6.07, 6.45) is 4.35. The first-order valence-electron chi connectivity index (χ1n) is 35.3. The van der Waals surface area contributed by atoms with Gasteiger partial charge in [-0.15, -0.1) is 0 Å². The summed E-state index contributed by atoms with van der Waals surface area (Å²) in [5, 5.41) is 39.0. The summed E-state index contributed by atoms with van der Waals surface area (Å²) in [5.41, 5.74) is 25.8. The first-order valence-corrected chi connectivity index (χ1v) is 39.2. The van der Waals surface area contributed by atoms with E-state index in [1.165, 1.54) is 29.8 Å². The zero-order chi connectivity index (χ0) is 83.2. The zero-order valence-corrected chi connectivity index (χ0v) is 69.5. The number of anilines is 11. The number of para-hydroxylation sites is 1. The Hall–Kier alpha value is -11.9. The van der Waals surface area contributed by atoms with Gasteiger partial charge in [0.2, 0.25) is 59.1 Å². The van der Waals surface area contributed by atoms with E-state index in [1.807, 2.05) is 110 Å². The fraction of sp³-hybridized carbons (Fsp3) is 0.157. The van der Waals surface area contributed by atoms with Crippen molar-refractivity contribution in [2.75, 3.05) is 73.1 Å². The first-order chi connectivity index (χ1) is 55.4. The van der Waals surface area contributed by atoms with Crippen molar-refractivity contribution in [2.45, 2.75) is 71.1 Å². The van der Waals surface area contributed by atoms with Gasteiger partial charge in [0.05, 0.1) is 94.7 Å². The number of nitro benzene ring substituents is 1. The number of ether oxygens (including phenoxy) is 2. The molecule has 10 heterocycles. The van der Waals surface area contributed by atoms with Gasteiger partial charge in [-0.3, -0.25) is 58.1 Å². The van der Waals surface area contributed by atoms with Crippen LogP contribution in [0.4, 0.5) is 72.6 Å². The molecule has 0 fully saturated rings. The number of amides is 10. The molecule has 0 atom stereocenters. The summed E-state index contributed by atoms with van der Waals surface area (Å²) < 4.78 is 26.6. The number of benzene rings is 10. The van der Waals surface area contributed by atoms with Crippen LogP contribution in [0, 0.1) is 22.9 Å². The third-order valence-corrected chi connectivity index (χ3v) is 20.8. The van der Waals surface area contributed by atoms with Crippen LogP contribution in [0.5, 0.6) is 11.5 Å². The van der Waals surface area contributed by atoms with Crippen molar-refractivity contribution in [2.24, 2.45) is 0 Å². The number of carbonyl (C=O) groups is 10. The number of nitrogens with one attached hydrogen (secondary N) is 10. The standard InChI is InChI=1S/C10H11NO3.C9H9NO.C8H5Br2NO.C8H5BrClNO.C8H6BrNO.C8H6ClNO.C8H6FNO.C8H6N2O3.C8H8N2O.C8H7NO/c1-13-8-3-6-4-10(12)11-7(6)5-9(8)14-2;1-6-3-2-4-8-7(6)5-9(11)10-8;9-5-1-4-2-7(12)11-8(4)6(10)3-5;9-6-3-5(10)1-4-2-7(12)11-8(4)6;3*9-6-1-2-7-5(3-6)4-8(11)10-7;11-8-4-5-3-6(10(12)13)1-2-7(5)9-8;9-6-1-2-7-5(3-6)4-8(11)10-7;10-8-5-6-3-1-2-4-7(6)9-8/h3,5H,4H2,1-2H3,(H,11,12);2-4H,5H2,1H3,(H,10,11);2*1,3H,2H2,(H,11,12);3*1-3H,4H2,(H,10,11);1-3H,4H2,(H,9,11);1-3H,4,9H2,(H,10,11);1-4H,5H2,(H,9,10). The Bertz CT molecular complexity index is 5290. The quantitative estimate of drug-likeness (QED) is 0.0445. The third kappa shape index (κ3) is 22.8. The van der Waals surface area contributed by atoms with Gasteiger partial charge in [0, 0.05) is 97.3 Å². The second kappa shape index (κ2) is 38.5. The van der Waals surface area contributed by atoms with Gasteiger partial charge >= 0.3 is 0 Å². The SMILES string of the molecule is COc1cc2c(cc1OC)NC(=O)C2.Cc1cccc2c1CC(=O)N2.Nc1ccc2c(c1)CC(=O)N2.O=C1Cc2cc(Br)cc(Br)c2N1.O=C1Cc2cc(Br)ccc2N1.O=C1Cc2cc(Cl)cc(Br)c2N1.O=C1Cc2cc(Cl)ccc2N1.O=C1Cc2cc(F)ccc2N1.O=C1Cc2cc([N+](=O)[O-])ccc2N1.O=C1Cc2ccccc2N1. The van der Waals surface area contributed by atoms with Crippen molar-refractivity contribution in [1.29, 1.82) is 0 Å². The maximum absolute atomic E-state index is 12.5. The van der Waals surface area contributed by atoms with Gasteiger partial charge in [-0.1, -0.05) is 85.4 Å². The predicted molar refractivity (Wildman–Crippen MR) is 457 cm³/mol. The third-order valence-electron chi connectivity index (χ3n) is 18.2. The number of hydrogen-bond donors (Lipinski definition) is 11. The maximum Gasteiger partial charge on any atom is 0.269 e. The highest BCUT2D eigenvalue weighted by molar-refractivity contribution is 9.11. The first kappa shape index (κ1) is 85.0. The number of nitrogens with two attached hydrogens (primary N) is 1. The molecule has 116 heavy (non-hydrogen) atoms. The summed E-state index contributed by atoms with van der Waals surface area (Å²) in [6.45, 7) is 2.03. The molecule has 10 aliphatic rings. The minimum Gasteiger partial charge on any atom is -0.493 e. The monoisotopic (exact) mass is 1860 g/mol. The number of nitro groups is 1. The van der Waals surface area contributed by atoms with Crippen LogP contribution < -0.4 is 68.4 Å². The lowest BCUT2D eigenvalue weighted by molar-refractivity contribution is -0.384. The average Bonchev–Trinajstić information content (AvgIpc) is 1.67. The molecule has 0 spiro atoms. The fourth-order valence-electron chi connectivity index (χ4n) is 12.8. The fourth-order valence-corrected chi connectivity index (χ4v) is 15.8. The van der Waals surface area contributed by atoms with Gasteiger partial charge in [0.15, 0.2) is 11.5 Å². The normalized spacial score (nSPS) is 14.2. The van der Waals surface area contributed by atoms with E-state index in [9.17, 15) is 62.5 Å². The Kier molecular flexibility index (Phi) is 28.2. The second-order valence-electron chi connectivity index (χ2n) is 26.6. The minimum absolute atomic E-state index is 0.00954. The molecule has 10 aliphatic heterocycles. The highest BCUT2D eigenvalue weighted by Crippen LogP contribution is 2.39. The number of fused-ring (bicyclic) bond motifs is 10. The smallest absolute Gasteiger partial charge is 0.269 e. The number of nitrogen functional groups attached to an aromatic ring is 1. The van der Waals surface area contributed by atoms with Gasteiger partial charge in [-0.25, -0.2) is 4.39 Å². The van der Waals surface area contributed by atoms with Gasteiger partial charge in [0.25, 0.3) is 5.69 Å². The van der Waals surface area contributed by atoms with Gasteiger partial charge in [0.1, 0.15) is 5.82 Å². The lowest BCUT2D eigenvalue weighted by Gasteiger charge is -2.09. The van der Waals surface area contributed by atoms with Gasteiger partial charge in [-0.05, 0) is 221 Å². The molecule has 12 N–H and O–H groups in total. The lowest BCUT2D eigenvalue weighted by atomic mass is 10.1. The molecule has 0 saturated carbocycles. The second-order valence-corrected chi connectivity index (χ2v) is 31.0. The van der Waals surface area contributed by atoms with E-state index in [4.69, 9.17) is 38.4 Å². The van der Waals surface area contributed by atoms with Crippen LogP contribution in [0.2, 0.25) is 10.0 Å². The van der Waals surface area contributed by atoms with E-state index in [-0.39, 0.29) is 77.0 Å². The van der Waals surface area contributed by atoms with Crippen molar-refractivity contribution in [3.05, 3.63) is 275 Å². The molecule has 0 saturated heterocycles. The topological polar surface area (TPSA) is 379 Å². The summed E-state index contributed by atoms with van der Waals surface area (Å²) in [5.74, 6) is 1.28. The highest BCUT2D eigenvalue weighted by Gasteiger charge is 2.27. The highest BCUT2D eigenvalue weighted by atomic mass is 79.9. The number of hydrogen-bond acceptors (Lipinski definition) is 15. The summed E-state index contributed by atoms with van der Waals surface area (Å²) >= 11 is 25.0. The molecule has 10 aromatic carbocycles. The summed E-state index contributed by atoms with van der Waals surface area (Å²) in [4.78, 5) is 119. The van der Waals surface area contributed by atoms with E-state index < -0.39 is 4.92 Å². The molecule has 0 unspecified atom stereocenters. The molecule has 0 radical (unpaired) electrons. The van der Waals surface area contributed by atoms with Crippen molar-refractivity contribution in [3.63, 3.8) is 0 Å². The molecular weight excluding hydrogens is 1800 g/mol. The Morgan fingerprint density at radius 1 is 0.362 bits per heavy atom. The maximum atomic E-state index is 12.5. The Labute approximate surface area is 706 Å². The minimum atomic E-state index is -0.469. The van der Waals surface area contributed by atoms with Crippen LogP contribution in [-0.2, 0) is 112 Å². The molecule has 33 heteroatoms. The molecular formula is C83H69Br4Cl2FN12O14. The van der Waals surface area contributed by atoms with Crippen molar-refractivity contribution < 1.29 is 66.7 Å². The average molecular weight is 1870 g/mol. The van der Waals surface area contributed by atoms with Crippen molar-refractivity contribution >= 4 is 214 Å². The zero-order valence-electron chi connectivity index (χ0n) is 61.6. The van der Waals surface area contributed by atoms with Crippen molar-refractivity contribution in [1.82, 2.24) is 0 Å². The van der Waals surface area contributed by atoms with E-state index in [0.29, 0.717) is 96.3 Å². The van der Waals surface area contributed by atoms with Crippen LogP contribution in [-0.4, -0.2) is 78.2 Å².